The van der Waals surface area contributed by atoms with Gasteiger partial charge in [0, 0.05) is 56.2 Å². The Balaban J connectivity index is 1.15. The van der Waals surface area contributed by atoms with Crippen molar-refractivity contribution in [1.29, 1.82) is 0 Å². The molecule has 10 heteroatoms. The van der Waals surface area contributed by atoms with Gasteiger partial charge < -0.3 is 24.0 Å². The first-order chi connectivity index (χ1) is 22.6. The molecule has 0 unspecified atom stereocenters. The number of aromatic nitrogens is 1. The van der Waals surface area contributed by atoms with E-state index in [-0.39, 0.29) is 41.9 Å². The Morgan fingerprint density at radius 1 is 0.894 bits per heavy atom. The molecule has 47 heavy (non-hydrogen) atoms. The van der Waals surface area contributed by atoms with Crippen LogP contribution in [0, 0.1) is 18.2 Å². The van der Waals surface area contributed by atoms with Gasteiger partial charge in [0.25, 0.3) is 0 Å². The van der Waals surface area contributed by atoms with Crippen molar-refractivity contribution in [2.24, 2.45) is 5.41 Å². The van der Waals surface area contributed by atoms with Crippen molar-refractivity contribution in [1.82, 2.24) is 14.8 Å². The number of amides is 1. The molecule has 2 fully saturated rings. The second kappa shape index (κ2) is 13.1. The number of carbonyl (C=O) groups excluding carboxylic acids is 3. The lowest BCUT2D eigenvalue weighted by atomic mass is 9.87. The van der Waals surface area contributed by atoms with Crippen LogP contribution in [0.25, 0.3) is 10.9 Å². The summed E-state index contributed by atoms with van der Waals surface area (Å²) in [5.41, 5.74) is 1.93. The number of pyridine rings is 1. The first-order valence-corrected chi connectivity index (χ1v) is 15.8. The number of ether oxygens (including phenoxy) is 3. The zero-order valence-corrected chi connectivity index (χ0v) is 27.0. The Morgan fingerprint density at radius 3 is 2.26 bits per heavy atom. The first kappa shape index (κ1) is 32.1. The minimum atomic E-state index is -0.984. The number of rotatable bonds is 10. The molecular weight excluding hydrogens is 601 g/mol. The van der Waals surface area contributed by atoms with Crippen LogP contribution in [0.5, 0.6) is 23.0 Å². The van der Waals surface area contributed by atoms with Crippen molar-refractivity contribution >= 4 is 28.6 Å². The normalized spacial score (nSPS) is 17.3. The fraction of sp³-hybridized carbons (Fsp3) is 0.351. The number of hydrogen-bond donors (Lipinski definition) is 0. The molecule has 1 aliphatic carbocycles. The van der Waals surface area contributed by atoms with E-state index in [2.05, 4.69) is 16.8 Å². The molecular formula is C37H38FN3O6. The van der Waals surface area contributed by atoms with Crippen molar-refractivity contribution in [3.8, 4) is 23.0 Å². The van der Waals surface area contributed by atoms with Crippen LogP contribution < -0.4 is 14.2 Å². The van der Waals surface area contributed by atoms with Gasteiger partial charge in [-0.2, -0.15) is 0 Å². The summed E-state index contributed by atoms with van der Waals surface area (Å²) in [7, 11) is 3.49. The van der Waals surface area contributed by atoms with E-state index >= 15 is 4.39 Å². The Labute approximate surface area is 273 Å². The van der Waals surface area contributed by atoms with Crippen LogP contribution in [-0.4, -0.2) is 72.3 Å². The molecule has 2 aliphatic rings. The number of aryl methyl sites for hydroxylation is 1. The standard InChI is InChI=1S/C37H38FN3O6/c1-23-5-7-25(8-6-23)18-34(42)37(12-13-37)35(43)19-26-9-10-31(28(38)17-26)46-30-11-14-39-29-21-33(32(45-4)20-27(29)30)47-36(44)41-16-15-40(3)24(2)22-41/h5-11,14,17,20-21,24H,12-13,15-16,18-19,22H2,1-4H3/t24-/m1/s1. The van der Waals surface area contributed by atoms with Gasteiger partial charge in [0.05, 0.1) is 18.0 Å². The highest BCUT2D eigenvalue weighted by atomic mass is 19.1. The monoisotopic (exact) mass is 639 g/mol. The average Bonchev–Trinajstić information content (AvgIpc) is 3.87. The third kappa shape index (κ3) is 6.83. The lowest BCUT2D eigenvalue weighted by Gasteiger charge is -2.36. The maximum atomic E-state index is 15.3. The van der Waals surface area contributed by atoms with Crippen LogP contribution in [0.3, 0.4) is 0 Å². The lowest BCUT2D eigenvalue weighted by molar-refractivity contribution is -0.133. The molecule has 244 valence electrons. The van der Waals surface area contributed by atoms with Gasteiger partial charge in [0.15, 0.2) is 34.6 Å². The number of hydrogen-bond acceptors (Lipinski definition) is 8. The second-order valence-corrected chi connectivity index (χ2v) is 12.6. The number of methoxy groups -OCH3 is 1. The molecule has 1 atom stereocenters. The zero-order chi connectivity index (χ0) is 33.3. The van der Waals surface area contributed by atoms with Crippen molar-refractivity contribution < 1.29 is 33.0 Å². The third-order valence-electron chi connectivity index (χ3n) is 9.29. The summed E-state index contributed by atoms with van der Waals surface area (Å²) in [6, 6.07) is 17.2. The van der Waals surface area contributed by atoms with Crippen LogP contribution in [0.2, 0.25) is 0 Å². The number of nitrogens with zero attached hydrogens (tertiary/aromatic N) is 3. The Bertz CT molecular complexity index is 1840. The number of ketones is 2. The molecule has 1 amide bonds. The molecule has 1 saturated heterocycles. The van der Waals surface area contributed by atoms with Crippen molar-refractivity contribution in [2.45, 2.75) is 45.6 Å². The van der Waals surface area contributed by atoms with E-state index in [1.165, 1.54) is 25.4 Å². The van der Waals surface area contributed by atoms with Crippen LogP contribution in [0.1, 0.15) is 36.5 Å². The van der Waals surface area contributed by atoms with Gasteiger partial charge in [-0.25, -0.2) is 9.18 Å². The second-order valence-electron chi connectivity index (χ2n) is 12.6. The molecule has 0 bridgehead atoms. The Hall–Kier alpha value is -4.83. The highest BCUT2D eigenvalue weighted by Crippen LogP contribution is 2.49. The van der Waals surface area contributed by atoms with Crippen LogP contribution >= 0.6 is 0 Å². The van der Waals surface area contributed by atoms with Gasteiger partial charge in [0.1, 0.15) is 5.75 Å². The quantitative estimate of drug-likeness (QED) is 0.186. The number of carbonyl (C=O) groups is 3. The van der Waals surface area contributed by atoms with Gasteiger partial charge in [-0.05, 0) is 69.1 Å². The minimum absolute atomic E-state index is 0.0380. The largest absolute Gasteiger partial charge is 0.493 e. The number of piperazine rings is 1. The smallest absolute Gasteiger partial charge is 0.415 e. The van der Waals surface area contributed by atoms with E-state index in [0.717, 1.165) is 17.7 Å². The number of fused-ring (bicyclic) bond motifs is 1. The summed E-state index contributed by atoms with van der Waals surface area (Å²) in [6.45, 7) is 5.88. The number of likely N-dealkylation sites (N-methyl/N-ethyl adjacent to an activating group) is 1. The van der Waals surface area contributed by atoms with E-state index in [1.54, 1.807) is 29.2 Å². The van der Waals surface area contributed by atoms with Crippen LogP contribution in [-0.2, 0) is 22.4 Å². The van der Waals surface area contributed by atoms with Crippen molar-refractivity contribution in [3.63, 3.8) is 0 Å². The van der Waals surface area contributed by atoms with E-state index in [4.69, 9.17) is 14.2 Å². The van der Waals surface area contributed by atoms with Gasteiger partial charge in [-0.15, -0.1) is 0 Å². The van der Waals surface area contributed by atoms with Crippen LogP contribution in [0.15, 0.2) is 66.9 Å². The summed E-state index contributed by atoms with van der Waals surface area (Å²) < 4.78 is 32.6. The first-order valence-electron chi connectivity index (χ1n) is 15.8. The molecule has 4 aromatic rings. The van der Waals surface area contributed by atoms with E-state index in [0.29, 0.717) is 53.9 Å². The summed E-state index contributed by atoms with van der Waals surface area (Å²) in [5, 5.41) is 0.527. The van der Waals surface area contributed by atoms with E-state index in [1.807, 2.05) is 38.2 Å². The lowest BCUT2D eigenvalue weighted by Crippen LogP contribution is -2.52. The Morgan fingerprint density at radius 2 is 1.60 bits per heavy atom. The Kier molecular flexibility index (Phi) is 8.96. The number of halogens is 1. The minimum Gasteiger partial charge on any atom is -0.493 e. The molecule has 3 aromatic carbocycles. The predicted molar refractivity (Wildman–Crippen MR) is 175 cm³/mol. The summed E-state index contributed by atoms with van der Waals surface area (Å²) in [5.74, 6) is -0.120. The van der Waals surface area contributed by atoms with Crippen molar-refractivity contribution in [2.75, 3.05) is 33.8 Å². The van der Waals surface area contributed by atoms with Crippen molar-refractivity contribution in [3.05, 3.63) is 89.4 Å². The van der Waals surface area contributed by atoms with Gasteiger partial charge in [-0.1, -0.05) is 35.9 Å². The molecule has 0 spiro atoms. The summed E-state index contributed by atoms with van der Waals surface area (Å²) in [4.78, 5) is 47.5. The van der Waals surface area contributed by atoms with Crippen LogP contribution in [0.4, 0.5) is 9.18 Å². The van der Waals surface area contributed by atoms with E-state index in [9.17, 15) is 14.4 Å². The summed E-state index contributed by atoms with van der Waals surface area (Å²) in [6.07, 6.45) is 2.26. The van der Waals surface area contributed by atoms with Gasteiger partial charge >= 0.3 is 6.09 Å². The average molecular weight is 640 g/mol. The fourth-order valence-electron chi connectivity index (χ4n) is 5.94. The molecule has 9 nitrogen and oxygen atoms in total. The molecule has 1 aromatic heterocycles. The summed E-state index contributed by atoms with van der Waals surface area (Å²) >= 11 is 0. The molecule has 0 radical (unpaired) electrons. The molecule has 6 rings (SSSR count). The molecule has 1 aliphatic heterocycles. The maximum absolute atomic E-state index is 15.3. The number of benzene rings is 3. The number of Topliss-reactive ketones (excluding diaryl/α,β-unsaturated/α-hetero) is 2. The highest BCUT2D eigenvalue weighted by Gasteiger charge is 2.54. The van der Waals surface area contributed by atoms with E-state index < -0.39 is 17.3 Å². The van der Waals surface area contributed by atoms with Gasteiger partial charge in [0.2, 0.25) is 0 Å². The maximum Gasteiger partial charge on any atom is 0.415 e. The molecule has 1 saturated carbocycles. The van der Waals surface area contributed by atoms with Gasteiger partial charge in [-0.3, -0.25) is 14.6 Å². The third-order valence-corrected chi connectivity index (χ3v) is 9.29. The highest BCUT2D eigenvalue weighted by molar-refractivity contribution is 6.11. The molecule has 2 heterocycles. The fourth-order valence-corrected chi connectivity index (χ4v) is 5.94. The SMILES string of the molecule is COc1cc2c(Oc3ccc(CC(=O)C4(C(=O)Cc5ccc(C)cc5)CC4)cc3F)ccnc2cc1OC(=O)N1CCN(C)[C@H](C)C1. The predicted octanol–water partition coefficient (Wildman–Crippen LogP) is 6.32. The topological polar surface area (TPSA) is 98.3 Å². The zero-order valence-electron chi connectivity index (χ0n) is 27.0. The molecule has 0 N–H and O–H groups in total.